The number of carboxylic acids is 1. The van der Waals surface area contributed by atoms with Crippen LogP contribution in [0.2, 0.25) is 0 Å². The first kappa shape index (κ1) is 22.1. The molecular formula is C24H31O8-. The largest absolute Gasteiger partial charge is 0.547 e. The number of rotatable bonds is 3. The number of carbonyl (C=O) groups is 1. The molecule has 3 aliphatic carbocycles. The number of aryl methyl sites for hydroxylation is 1. The normalized spacial score (nSPS) is 45.5. The lowest BCUT2D eigenvalue weighted by molar-refractivity contribution is -0.342. The maximum atomic E-state index is 11.2. The predicted octanol–water partition coefficient (Wildman–Crippen LogP) is -0.160. The molecule has 3 fully saturated rings. The van der Waals surface area contributed by atoms with E-state index in [-0.39, 0.29) is 11.5 Å². The van der Waals surface area contributed by atoms with Gasteiger partial charge in [0.25, 0.3) is 0 Å². The van der Waals surface area contributed by atoms with Crippen molar-refractivity contribution in [2.24, 2.45) is 17.3 Å². The number of aliphatic hydroxyl groups is 4. The van der Waals surface area contributed by atoms with E-state index in [0.717, 1.165) is 44.1 Å². The van der Waals surface area contributed by atoms with Crippen LogP contribution in [0.5, 0.6) is 5.75 Å². The molecular weight excluding hydrogens is 416 g/mol. The van der Waals surface area contributed by atoms with E-state index in [2.05, 4.69) is 6.92 Å². The minimum Gasteiger partial charge on any atom is -0.547 e. The Kier molecular flexibility index (Phi) is 5.49. The van der Waals surface area contributed by atoms with E-state index in [0.29, 0.717) is 23.5 Å². The van der Waals surface area contributed by atoms with Gasteiger partial charge in [-0.2, -0.15) is 0 Å². The van der Waals surface area contributed by atoms with Gasteiger partial charge in [-0.05, 0) is 85.0 Å². The quantitative estimate of drug-likeness (QED) is 0.501. The second-order valence-electron chi connectivity index (χ2n) is 10.2. The zero-order valence-corrected chi connectivity index (χ0v) is 18.1. The molecule has 0 spiro atoms. The van der Waals surface area contributed by atoms with Crippen LogP contribution < -0.4 is 9.84 Å². The van der Waals surface area contributed by atoms with E-state index in [1.807, 2.05) is 12.1 Å². The van der Waals surface area contributed by atoms with E-state index < -0.39 is 36.7 Å². The molecule has 4 aliphatic rings. The van der Waals surface area contributed by atoms with Crippen LogP contribution in [0.25, 0.3) is 0 Å². The summed E-state index contributed by atoms with van der Waals surface area (Å²) in [5, 5.41) is 51.7. The zero-order chi connectivity index (χ0) is 22.8. The van der Waals surface area contributed by atoms with Crippen LogP contribution in [0, 0.1) is 17.3 Å². The number of carboxylic acid groups (broad SMARTS) is 1. The third-order valence-corrected chi connectivity index (χ3v) is 8.70. The third-order valence-electron chi connectivity index (χ3n) is 8.70. The summed E-state index contributed by atoms with van der Waals surface area (Å²) in [4.78, 5) is 11.2. The second-order valence-corrected chi connectivity index (χ2v) is 10.2. The lowest BCUT2D eigenvalue weighted by Gasteiger charge is -2.50. The summed E-state index contributed by atoms with van der Waals surface area (Å²) in [5.41, 5.74) is 2.48. The van der Waals surface area contributed by atoms with Gasteiger partial charge >= 0.3 is 0 Å². The first-order chi connectivity index (χ1) is 15.2. The Hall–Kier alpha value is -1.71. The van der Waals surface area contributed by atoms with E-state index in [4.69, 9.17) is 9.47 Å². The minimum atomic E-state index is -1.80. The highest BCUT2D eigenvalue weighted by molar-refractivity contribution is 5.71. The Balaban J connectivity index is 1.34. The first-order valence-electron chi connectivity index (χ1n) is 11.6. The number of hydrogen-bond acceptors (Lipinski definition) is 8. The Bertz CT molecular complexity index is 889. The van der Waals surface area contributed by atoms with Crippen molar-refractivity contribution < 1.29 is 39.8 Å². The molecule has 2 saturated carbocycles. The molecule has 0 bridgehead atoms. The van der Waals surface area contributed by atoms with Gasteiger partial charge in [-0.15, -0.1) is 0 Å². The fraction of sp³-hybridized carbons (Fsp3) is 0.708. The molecule has 1 aromatic carbocycles. The molecule has 5 rings (SSSR count). The van der Waals surface area contributed by atoms with Crippen LogP contribution in [-0.4, -0.2) is 63.2 Å². The molecule has 1 aliphatic heterocycles. The van der Waals surface area contributed by atoms with Crippen molar-refractivity contribution in [2.75, 3.05) is 0 Å². The average Bonchev–Trinajstić information content (AvgIpc) is 3.08. The Morgan fingerprint density at radius 3 is 2.62 bits per heavy atom. The number of benzene rings is 1. The highest BCUT2D eigenvalue weighted by Crippen LogP contribution is 2.60. The summed E-state index contributed by atoms with van der Waals surface area (Å²) in [6.45, 7) is 2.25. The molecule has 1 heterocycles. The van der Waals surface area contributed by atoms with Crippen molar-refractivity contribution in [3.63, 3.8) is 0 Å². The Labute approximate surface area is 186 Å². The van der Waals surface area contributed by atoms with Gasteiger partial charge in [-0.3, -0.25) is 0 Å². The predicted molar refractivity (Wildman–Crippen MR) is 109 cm³/mol. The number of ether oxygens (including phenoxy) is 2. The van der Waals surface area contributed by atoms with Crippen LogP contribution in [0.4, 0.5) is 0 Å². The van der Waals surface area contributed by atoms with E-state index in [9.17, 15) is 30.3 Å². The Morgan fingerprint density at radius 2 is 1.88 bits per heavy atom. The SMILES string of the molecule is C[C@]12CC[C@@H]3c4ccc(O[C@H]5O[C@H](C(=O)[O-])[C@@H](O)[C@H](O)[C@H]5O)cc4CC[C@H]3[C@@H]1CC[C@H]2O. The number of carbonyl (C=O) groups excluding carboxylic acids is 1. The fourth-order valence-electron chi connectivity index (χ4n) is 6.88. The zero-order valence-electron chi connectivity index (χ0n) is 18.1. The minimum absolute atomic E-state index is 0.0249. The molecule has 1 aromatic rings. The van der Waals surface area contributed by atoms with Gasteiger partial charge in [0.2, 0.25) is 6.29 Å². The van der Waals surface area contributed by atoms with E-state index in [1.165, 1.54) is 5.56 Å². The van der Waals surface area contributed by atoms with Crippen molar-refractivity contribution in [2.45, 2.75) is 88.2 Å². The molecule has 0 amide bonds. The smallest absolute Gasteiger partial charge is 0.229 e. The average molecular weight is 448 g/mol. The van der Waals surface area contributed by atoms with Crippen LogP contribution in [0.3, 0.4) is 0 Å². The van der Waals surface area contributed by atoms with Gasteiger partial charge in [0.1, 0.15) is 30.2 Å². The lowest BCUT2D eigenvalue weighted by Crippen LogP contribution is -2.63. The topological polar surface area (TPSA) is 140 Å². The molecule has 176 valence electrons. The van der Waals surface area contributed by atoms with Crippen molar-refractivity contribution in [3.05, 3.63) is 29.3 Å². The molecule has 0 radical (unpaired) electrons. The number of fused-ring (bicyclic) bond motifs is 5. The standard InChI is InChI=1S/C24H32O8/c1-24-9-8-14-13-5-3-12(10-11(13)2-4-15(14)16(24)6-7-17(24)25)31-23-20(28)18(26)19(27)21(32-23)22(29)30/h3,5,10,14-21,23,25-28H,2,4,6-9H2,1H3,(H,29,30)/p-1/t14-,15-,16+,17-,18+,19+,20-,21+,23+,24+/m1/s1. The van der Waals surface area contributed by atoms with Crippen molar-refractivity contribution >= 4 is 5.97 Å². The Morgan fingerprint density at radius 1 is 1.09 bits per heavy atom. The molecule has 1 saturated heterocycles. The van der Waals surface area contributed by atoms with Crippen molar-refractivity contribution in [3.8, 4) is 5.75 Å². The number of aliphatic hydroxyl groups excluding tert-OH is 4. The summed E-state index contributed by atoms with van der Waals surface area (Å²) in [6.07, 6.45) is -2.61. The first-order valence-corrected chi connectivity index (χ1v) is 11.6. The summed E-state index contributed by atoms with van der Waals surface area (Å²) in [7, 11) is 0. The summed E-state index contributed by atoms with van der Waals surface area (Å²) < 4.78 is 10.9. The summed E-state index contributed by atoms with van der Waals surface area (Å²) >= 11 is 0. The maximum absolute atomic E-state index is 11.2. The van der Waals surface area contributed by atoms with E-state index in [1.54, 1.807) is 6.07 Å². The molecule has 8 nitrogen and oxygen atoms in total. The van der Waals surface area contributed by atoms with Crippen LogP contribution in [-0.2, 0) is 16.0 Å². The van der Waals surface area contributed by atoms with Gasteiger partial charge in [0.05, 0.1) is 12.1 Å². The van der Waals surface area contributed by atoms with Gasteiger partial charge in [0.15, 0.2) is 0 Å². The fourth-order valence-corrected chi connectivity index (χ4v) is 6.88. The van der Waals surface area contributed by atoms with Gasteiger partial charge in [-0.25, -0.2) is 0 Å². The number of hydrogen-bond donors (Lipinski definition) is 4. The van der Waals surface area contributed by atoms with Crippen LogP contribution >= 0.6 is 0 Å². The molecule has 4 N–H and O–H groups in total. The van der Waals surface area contributed by atoms with Crippen LogP contribution in [0.15, 0.2) is 18.2 Å². The summed E-state index contributed by atoms with van der Waals surface area (Å²) in [6, 6.07) is 5.71. The molecule has 0 aromatic heterocycles. The van der Waals surface area contributed by atoms with Crippen LogP contribution in [0.1, 0.15) is 56.1 Å². The highest BCUT2D eigenvalue weighted by Gasteiger charge is 2.54. The third kappa shape index (κ3) is 3.35. The van der Waals surface area contributed by atoms with Crippen molar-refractivity contribution in [1.82, 2.24) is 0 Å². The highest BCUT2D eigenvalue weighted by atomic mass is 16.7. The van der Waals surface area contributed by atoms with Gasteiger partial charge < -0.3 is 39.8 Å². The molecule has 8 heteroatoms. The second kappa shape index (κ2) is 7.95. The molecule has 32 heavy (non-hydrogen) atoms. The number of aliphatic carboxylic acids is 1. The lowest BCUT2D eigenvalue weighted by atomic mass is 9.55. The van der Waals surface area contributed by atoms with Crippen molar-refractivity contribution in [1.29, 1.82) is 0 Å². The maximum Gasteiger partial charge on any atom is 0.229 e. The molecule has 10 atom stereocenters. The monoisotopic (exact) mass is 447 g/mol. The van der Waals surface area contributed by atoms with E-state index >= 15 is 0 Å². The summed E-state index contributed by atoms with van der Waals surface area (Å²) in [5.74, 6) is 0.278. The van der Waals surface area contributed by atoms with Gasteiger partial charge in [-0.1, -0.05) is 13.0 Å². The molecule has 0 unspecified atom stereocenters. The van der Waals surface area contributed by atoms with Gasteiger partial charge in [0, 0.05) is 0 Å².